The van der Waals surface area contributed by atoms with E-state index >= 15 is 0 Å². The number of hydrogen-bond donors (Lipinski definition) is 3. The number of rotatable bonds is 10. The Labute approximate surface area is 240 Å². The Morgan fingerprint density at radius 1 is 0.976 bits per heavy atom. The predicted molar refractivity (Wildman–Crippen MR) is 156 cm³/mol. The van der Waals surface area contributed by atoms with E-state index in [0.29, 0.717) is 19.5 Å². The van der Waals surface area contributed by atoms with Gasteiger partial charge in [-0.2, -0.15) is 0 Å². The second-order valence-corrected chi connectivity index (χ2v) is 11.2. The molecule has 2 unspecified atom stereocenters. The number of hydrogen-bond acceptors (Lipinski definition) is 5. The van der Waals surface area contributed by atoms with Gasteiger partial charge in [0.1, 0.15) is 12.6 Å². The molecule has 1 heterocycles. The summed E-state index contributed by atoms with van der Waals surface area (Å²) in [6.45, 7) is 5.23. The second-order valence-electron chi connectivity index (χ2n) is 11.2. The molecule has 8 nitrogen and oxygen atoms in total. The van der Waals surface area contributed by atoms with Gasteiger partial charge in [0, 0.05) is 25.6 Å². The van der Waals surface area contributed by atoms with Crippen LogP contribution in [0.15, 0.2) is 78.9 Å². The van der Waals surface area contributed by atoms with Gasteiger partial charge in [0.2, 0.25) is 5.91 Å². The number of likely N-dealkylation sites (tertiary alicyclic amines) is 1. The summed E-state index contributed by atoms with van der Waals surface area (Å²) < 4.78 is 5.69. The van der Waals surface area contributed by atoms with Gasteiger partial charge in [0.15, 0.2) is 5.54 Å². The number of amides is 2. The molecule has 3 atom stereocenters. The van der Waals surface area contributed by atoms with Crippen molar-refractivity contribution in [3.8, 4) is 11.1 Å². The average Bonchev–Trinajstić information content (AvgIpc) is 3.54. The van der Waals surface area contributed by atoms with E-state index in [2.05, 4.69) is 22.8 Å². The molecule has 1 aliphatic heterocycles. The Hall–Kier alpha value is -4.17. The summed E-state index contributed by atoms with van der Waals surface area (Å²) in [4.78, 5) is 41.0. The number of aliphatic carboxylic acids is 1. The van der Waals surface area contributed by atoms with Crippen LogP contribution in [0.2, 0.25) is 0 Å². The van der Waals surface area contributed by atoms with E-state index < -0.39 is 29.6 Å². The first kappa shape index (κ1) is 28.4. The number of nitrogens with one attached hydrogen (secondary N) is 2. The van der Waals surface area contributed by atoms with Crippen molar-refractivity contribution in [3.63, 3.8) is 0 Å². The Morgan fingerprint density at radius 3 is 2.20 bits per heavy atom. The quantitative estimate of drug-likeness (QED) is 0.332. The van der Waals surface area contributed by atoms with Gasteiger partial charge in [0.25, 0.3) is 0 Å². The standard InChI is InChI=1S/C33H37N3O5/c1-3-22(2)29(30(37)35-33(31(38)39)17-18-36(21-33)19-23-11-5-4-6-12-23)34-32(40)41-20-28-26-15-9-7-13-24(26)25-14-8-10-16-27(25)28/h4-16,22,28-29H,3,17-21H2,1-2H3,(H,34,40)(H,35,37)(H,38,39)/t22?,29-,33?/m0/s1. The molecule has 0 spiro atoms. The Kier molecular flexibility index (Phi) is 8.40. The summed E-state index contributed by atoms with van der Waals surface area (Å²) >= 11 is 0. The Bertz CT molecular complexity index is 1370. The van der Waals surface area contributed by atoms with E-state index in [1.807, 2.05) is 85.5 Å². The molecule has 2 amide bonds. The minimum absolute atomic E-state index is 0.103. The highest BCUT2D eigenvalue weighted by molar-refractivity contribution is 5.92. The number of carbonyl (C=O) groups excluding carboxylic acids is 2. The maximum atomic E-state index is 13.5. The summed E-state index contributed by atoms with van der Waals surface area (Å²) in [6.07, 6.45) is 0.190. The molecule has 0 radical (unpaired) electrons. The van der Waals surface area contributed by atoms with Crippen LogP contribution in [0.4, 0.5) is 4.79 Å². The maximum Gasteiger partial charge on any atom is 0.407 e. The number of fused-ring (bicyclic) bond motifs is 3. The molecular formula is C33H37N3O5. The van der Waals surface area contributed by atoms with E-state index in [1.165, 1.54) is 0 Å². The third kappa shape index (κ3) is 5.98. The molecule has 5 rings (SSSR count). The van der Waals surface area contributed by atoms with E-state index in [4.69, 9.17) is 4.74 Å². The lowest BCUT2D eigenvalue weighted by atomic mass is 9.94. The Morgan fingerprint density at radius 2 is 1.59 bits per heavy atom. The summed E-state index contributed by atoms with van der Waals surface area (Å²) in [5.74, 6) is -1.93. The molecule has 0 aromatic heterocycles. The van der Waals surface area contributed by atoms with Gasteiger partial charge in [-0.3, -0.25) is 9.69 Å². The number of carbonyl (C=O) groups is 3. The monoisotopic (exact) mass is 555 g/mol. The van der Waals surface area contributed by atoms with Crippen LogP contribution in [0, 0.1) is 5.92 Å². The van der Waals surface area contributed by atoms with Gasteiger partial charge < -0.3 is 20.5 Å². The van der Waals surface area contributed by atoms with Gasteiger partial charge in [-0.1, -0.05) is 99.1 Å². The molecular weight excluding hydrogens is 518 g/mol. The van der Waals surface area contributed by atoms with Crippen LogP contribution in [0.25, 0.3) is 11.1 Å². The van der Waals surface area contributed by atoms with Crippen molar-refractivity contribution in [2.24, 2.45) is 5.92 Å². The number of alkyl carbamates (subject to hydrolysis) is 1. The number of ether oxygens (including phenoxy) is 1. The highest BCUT2D eigenvalue weighted by Gasteiger charge is 2.47. The number of carboxylic acid groups (broad SMARTS) is 1. The summed E-state index contributed by atoms with van der Waals surface area (Å²) in [5, 5.41) is 15.7. The lowest BCUT2D eigenvalue weighted by Gasteiger charge is -2.30. The van der Waals surface area contributed by atoms with Crippen LogP contribution >= 0.6 is 0 Å². The molecule has 0 bridgehead atoms. The zero-order valence-electron chi connectivity index (χ0n) is 23.5. The number of nitrogens with zero attached hydrogens (tertiary/aromatic N) is 1. The molecule has 8 heteroatoms. The highest BCUT2D eigenvalue weighted by atomic mass is 16.5. The SMILES string of the molecule is CCC(C)[C@H](NC(=O)OCC1c2ccccc2-c2ccccc21)C(=O)NC1(C(=O)O)CCN(Cc2ccccc2)C1. The number of carboxylic acids is 1. The molecule has 3 aromatic rings. The van der Waals surface area contributed by atoms with Gasteiger partial charge >= 0.3 is 12.1 Å². The van der Waals surface area contributed by atoms with Crippen LogP contribution in [0.1, 0.15) is 49.3 Å². The topological polar surface area (TPSA) is 108 Å². The largest absolute Gasteiger partial charge is 0.479 e. The van der Waals surface area contributed by atoms with Crippen molar-refractivity contribution >= 4 is 18.0 Å². The van der Waals surface area contributed by atoms with E-state index in [-0.39, 0.29) is 31.4 Å². The van der Waals surface area contributed by atoms with Gasteiger partial charge in [0.05, 0.1) is 0 Å². The molecule has 41 heavy (non-hydrogen) atoms. The van der Waals surface area contributed by atoms with Crippen LogP contribution in [-0.2, 0) is 20.9 Å². The Balaban J connectivity index is 1.24. The molecule has 1 aliphatic carbocycles. The van der Waals surface area contributed by atoms with Crippen molar-refractivity contribution < 1.29 is 24.2 Å². The van der Waals surface area contributed by atoms with E-state index in [1.54, 1.807) is 0 Å². The van der Waals surface area contributed by atoms with Crippen molar-refractivity contribution in [2.45, 2.75) is 50.7 Å². The second kappa shape index (κ2) is 12.1. The van der Waals surface area contributed by atoms with Crippen molar-refractivity contribution in [3.05, 3.63) is 95.6 Å². The minimum atomic E-state index is -1.43. The lowest BCUT2D eigenvalue weighted by molar-refractivity contribution is -0.147. The van der Waals surface area contributed by atoms with Crippen molar-refractivity contribution in [1.82, 2.24) is 15.5 Å². The third-order valence-corrected chi connectivity index (χ3v) is 8.48. The number of benzene rings is 3. The molecule has 3 aromatic carbocycles. The summed E-state index contributed by atoms with van der Waals surface area (Å²) in [6, 6.07) is 25.1. The molecule has 1 fully saturated rings. The fourth-order valence-electron chi connectivity index (χ4n) is 5.98. The fourth-order valence-corrected chi connectivity index (χ4v) is 5.98. The van der Waals surface area contributed by atoms with Crippen LogP contribution in [0.5, 0.6) is 0 Å². The van der Waals surface area contributed by atoms with Crippen LogP contribution < -0.4 is 10.6 Å². The average molecular weight is 556 g/mol. The van der Waals surface area contributed by atoms with Crippen molar-refractivity contribution in [1.29, 1.82) is 0 Å². The molecule has 3 N–H and O–H groups in total. The zero-order chi connectivity index (χ0) is 29.0. The summed E-state index contributed by atoms with van der Waals surface area (Å²) in [5.41, 5.74) is 4.11. The van der Waals surface area contributed by atoms with Crippen molar-refractivity contribution in [2.75, 3.05) is 19.7 Å². The molecule has 2 aliphatic rings. The van der Waals surface area contributed by atoms with Gasteiger partial charge in [-0.15, -0.1) is 0 Å². The summed E-state index contributed by atoms with van der Waals surface area (Å²) in [7, 11) is 0. The maximum absolute atomic E-state index is 13.5. The van der Waals surface area contributed by atoms with E-state index in [0.717, 1.165) is 27.8 Å². The van der Waals surface area contributed by atoms with Crippen LogP contribution in [0.3, 0.4) is 0 Å². The smallest absolute Gasteiger partial charge is 0.407 e. The van der Waals surface area contributed by atoms with E-state index in [9.17, 15) is 19.5 Å². The zero-order valence-corrected chi connectivity index (χ0v) is 23.5. The molecule has 0 saturated carbocycles. The first-order valence-corrected chi connectivity index (χ1v) is 14.2. The van der Waals surface area contributed by atoms with Gasteiger partial charge in [-0.05, 0) is 40.2 Å². The normalized spacial score (nSPS) is 19.6. The minimum Gasteiger partial charge on any atom is -0.479 e. The first-order chi connectivity index (χ1) is 19.8. The van der Waals surface area contributed by atoms with Gasteiger partial charge in [-0.25, -0.2) is 9.59 Å². The van der Waals surface area contributed by atoms with Crippen LogP contribution in [-0.4, -0.2) is 59.3 Å². The molecule has 1 saturated heterocycles. The highest BCUT2D eigenvalue weighted by Crippen LogP contribution is 2.44. The fraction of sp³-hybridized carbons (Fsp3) is 0.364. The first-order valence-electron chi connectivity index (χ1n) is 14.2. The third-order valence-electron chi connectivity index (χ3n) is 8.48. The predicted octanol–water partition coefficient (Wildman–Crippen LogP) is 4.79. The molecule has 214 valence electrons. The lowest BCUT2D eigenvalue weighted by Crippen LogP contribution is -2.61.